The smallest absolute Gasteiger partial charge is 0.322 e. The number of halogens is 2. The lowest BCUT2D eigenvalue weighted by molar-refractivity contribution is -0.0613. The van der Waals surface area contributed by atoms with Crippen LogP contribution in [0.5, 0.6) is 0 Å². The summed E-state index contributed by atoms with van der Waals surface area (Å²) >= 11 is 0. The van der Waals surface area contributed by atoms with Gasteiger partial charge in [-0.15, -0.1) is 0 Å². The molecule has 1 aromatic rings. The number of urea groups is 1. The van der Waals surface area contributed by atoms with Gasteiger partial charge in [-0.1, -0.05) is 5.16 Å². The number of alkyl halides is 2. The zero-order valence-corrected chi connectivity index (χ0v) is 11.1. The number of nitrogens with zero attached hydrogens (tertiary/aromatic N) is 1. The second kappa shape index (κ2) is 5.35. The van der Waals surface area contributed by atoms with Gasteiger partial charge in [-0.05, 0) is 19.8 Å². The fourth-order valence-corrected chi connectivity index (χ4v) is 2.22. The molecule has 1 aliphatic rings. The third-order valence-corrected chi connectivity index (χ3v) is 3.48. The van der Waals surface area contributed by atoms with Crippen molar-refractivity contribution in [3.63, 3.8) is 0 Å². The van der Waals surface area contributed by atoms with E-state index in [0.717, 1.165) is 0 Å². The predicted molar refractivity (Wildman–Crippen MR) is 66.6 cm³/mol. The normalized spacial score (nSPS) is 20.4. The molecular formula is C12H17F2N3O3. The van der Waals surface area contributed by atoms with Gasteiger partial charge in [0.15, 0.2) is 0 Å². The zero-order chi connectivity index (χ0) is 14.8. The fraction of sp³-hybridized carbons (Fsp3) is 0.667. The number of aliphatic hydroxyl groups excluding tert-OH is 1. The van der Waals surface area contributed by atoms with Gasteiger partial charge in [0, 0.05) is 18.9 Å². The van der Waals surface area contributed by atoms with Crippen LogP contribution in [-0.2, 0) is 0 Å². The Hall–Kier alpha value is -1.70. The standard InChI is InChI=1S/C12H17F2N3O3/c1-8-6-9(20-17-8)15-10(19)16-11(7-18)2-4-12(13,14)5-3-11/h6,18H,2-5,7H2,1H3,(H2,15,16,19). The molecule has 1 fully saturated rings. The predicted octanol–water partition coefficient (Wildman–Crippen LogP) is 2.04. The molecule has 0 aromatic carbocycles. The summed E-state index contributed by atoms with van der Waals surface area (Å²) in [5.41, 5.74) is -0.407. The first-order valence-electron chi connectivity index (χ1n) is 6.35. The number of aliphatic hydroxyl groups is 1. The van der Waals surface area contributed by atoms with E-state index in [9.17, 15) is 18.7 Å². The second-order valence-corrected chi connectivity index (χ2v) is 5.21. The molecule has 8 heteroatoms. The molecule has 0 atom stereocenters. The highest BCUT2D eigenvalue weighted by atomic mass is 19.3. The molecule has 1 aromatic heterocycles. The van der Waals surface area contributed by atoms with Gasteiger partial charge in [-0.2, -0.15) is 0 Å². The molecular weight excluding hydrogens is 272 g/mol. The Morgan fingerprint density at radius 2 is 2.10 bits per heavy atom. The molecule has 2 amide bonds. The van der Waals surface area contributed by atoms with Crippen molar-refractivity contribution < 1.29 is 23.2 Å². The Morgan fingerprint density at radius 1 is 1.45 bits per heavy atom. The van der Waals surface area contributed by atoms with Crippen molar-refractivity contribution in [1.29, 1.82) is 0 Å². The summed E-state index contributed by atoms with van der Waals surface area (Å²) in [7, 11) is 0. The average molecular weight is 289 g/mol. The summed E-state index contributed by atoms with van der Waals surface area (Å²) in [6.07, 6.45) is -0.650. The summed E-state index contributed by atoms with van der Waals surface area (Å²) in [5.74, 6) is -2.56. The Labute approximate surface area is 114 Å². The minimum atomic E-state index is -2.72. The van der Waals surface area contributed by atoms with E-state index < -0.39 is 17.5 Å². The van der Waals surface area contributed by atoms with E-state index >= 15 is 0 Å². The number of anilines is 1. The Bertz CT molecular complexity index is 480. The monoisotopic (exact) mass is 289 g/mol. The maximum absolute atomic E-state index is 13.1. The molecule has 0 spiro atoms. The van der Waals surface area contributed by atoms with Crippen LogP contribution in [0.2, 0.25) is 0 Å². The number of hydrogen-bond donors (Lipinski definition) is 3. The number of aromatic nitrogens is 1. The molecule has 2 rings (SSSR count). The number of rotatable bonds is 3. The first-order chi connectivity index (χ1) is 9.34. The van der Waals surface area contributed by atoms with E-state index in [1.165, 1.54) is 6.07 Å². The largest absolute Gasteiger partial charge is 0.394 e. The summed E-state index contributed by atoms with van der Waals surface area (Å²) in [5, 5.41) is 18.0. The average Bonchev–Trinajstić information content (AvgIpc) is 2.78. The van der Waals surface area contributed by atoms with Crippen LogP contribution in [-0.4, -0.2) is 34.4 Å². The van der Waals surface area contributed by atoms with E-state index in [1.54, 1.807) is 6.92 Å². The van der Waals surface area contributed by atoms with Crippen molar-refractivity contribution in [3.8, 4) is 0 Å². The summed E-state index contributed by atoms with van der Waals surface area (Å²) in [6, 6.07) is 0.917. The zero-order valence-electron chi connectivity index (χ0n) is 11.1. The molecule has 6 nitrogen and oxygen atoms in total. The van der Waals surface area contributed by atoms with Gasteiger partial charge in [0.25, 0.3) is 0 Å². The lowest BCUT2D eigenvalue weighted by Gasteiger charge is -2.39. The van der Waals surface area contributed by atoms with Crippen LogP contribution in [0.3, 0.4) is 0 Å². The quantitative estimate of drug-likeness (QED) is 0.794. The van der Waals surface area contributed by atoms with E-state index in [0.29, 0.717) is 5.69 Å². The van der Waals surface area contributed by atoms with Crippen molar-refractivity contribution in [2.75, 3.05) is 11.9 Å². The van der Waals surface area contributed by atoms with Crippen LogP contribution >= 0.6 is 0 Å². The second-order valence-electron chi connectivity index (χ2n) is 5.21. The highest BCUT2D eigenvalue weighted by molar-refractivity contribution is 5.88. The number of hydrogen-bond acceptors (Lipinski definition) is 4. The Morgan fingerprint density at radius 3 is 2.60 bits per heavy atom. The number of nitrogens with one attached hydrogen (secondary N) is 2. The summed E-state index contributed by atoms with van der Waals surface area (Å²) in [6.45, 7) is 1.32. The molecule has 1 saturated carbocycles. The van der Waals surface area contributed by atoms with Crippen molar-refractivity contribution in [2.24, 2.45) is 0 Å². The van der Waals surface area contributed by atoms with Crippen LogP contribution in [0.1, 0.15) is 31.4 Å². The number of carbonyl (C=O) groups excluding carboxylic acids is 1. The molecule has 0 radical (unpaired) electrons. The van der Waals surface area contributed by atoms with Crippen molar-refractivity contribution in [2.45, 2.75) is 44.1 Å². The van der Waals surface area contributed by atoms with Crippen molar-refractivity contribution >= 4 is 11.9 Å². The first-order valence-corrected chi connectivity index (χ1v) is 6.35. The van der Waals surface area contributed by atoms with Gasteiger partial charge in [0.1, 0.15) is 0 Å². The molecule has 0 unspecified atom stereocenters. The topological polar surface area (TPSA) is 87.4 Å². The Balaban J connectivity index is 1.94. The minimum Gasteiger partial charge on any atom is -0.394 e. The fourth-order valence-electron chi connectivity index (χ4n) is 2.22. The van der Waals surface area contributed by atoms with Gasteiger partial charge in [-0.3, -0.25) is 5.32 Å². The van der Waals surface area contributed by atoms with Crippen molar-refractivity contribution in [1.82, 2.24) is 10.5 Å². The number of aryl methyl sites for hydroxylation is 1. The molecule has 0 aliphatic heterocycles. The van der Waals surface area contributed by atoms with Crippen LogP contribution in [0, 0.1) is 6.92 Å². The molecule has 1 aliphatic carbocycles. The highest BCUT2D eigenvalue weighted by Gasteiger charge is 2.44. The number of carbonyl (C=O) groups is 1. The molecule has 112 valence electrons. The maximum atomic E-state index is 13.1. The van der Waals surface area contributed by atoms with Gasteiger partial charge >= 0.3 is 6.03 Å². The molecule has 3 N–H and O–H groups in total. The summed E-state index contributed by atoms with van der Waals surface area (Å²) < 4.78 is 31.1. The van der Waals surface area contributed by atoms with Gasteiger partial charge < -0.3 is 14.9 Å². The summed E-state index contributed by atoms with van der Waals surface area (Å²) in [4.78, 5) is 11.8. The van der Waals surface area contributed by atoms with Crippen LogP contribution < -0.4 is 10.6 Å². The van der Waals surface area contributed by atoms with Gasteiger partial charge in [-0.25, -0.2) is 13.6 Å². The van der Waals surface area contributed by atoms with E-state index in [-0.39, 0.29) is 38.2 Å². The molecule has 0 bridgehead atoms. The van der Waals surface area contributed by atoms with E-state index in [4.69, 9.17) is 4.52 Å². The van der Waals surface area contributed by atoms with Crippen LogP contribution in [0.15, 0.2) is 10.6 Å². The SMILES string of the molecule is Cc1cc(NC(=O)NC2(CO)CCC(F)(F)CC2)on1. The molecule has 1 heterocycles. The first kappa shape index (κ1) is 14.7. The number of amides is 2. The van der Waals surface area contributed by atoms with Crippen LogP contribution in [0.25, 0.3) is 0 Å². The van der Waals surface area contributed by atoms with Gasteiger partial charge in [0.2, 0.25) is 11.8 Å². The minimum absolute atomic E-state index is 0.0271. The lowest BCUT2D eigenvalue weighted by atomic mass is 9.80. The van der Waals surface area contributed by atoms with Gasteiger partial charge in [0.05, 0.1) is 17.8 Å². The lowest BCUT2D eigenvalue weighted by Crippen LogP contribution is -2.55. The third-order valence-electron chi connectivity index (χ3n) is 3.48. The Kier molecular flexibility index (Phi) is 3.94. The third kappa shape index (κ3) is 3.44. The van der Waals surface area contributed by atoms with E-state index in [2.05, 4.69) is 15.8 Å². The molecule has 20 heavy (non-hydrogen) atoms. The maximum Gasteiger partial charge on any atom is 0.322 e. The highest BCUT2D eigenvalue weighted by Crippen LogP contribution is 2.38. The van der Waals surface area contributed by atoms with E-state index in [1.807, 2.05) is 0 Å². The molecule has 0 saturated heterocycles. The van der Waals surface area contributed by atoms with Crippen LogP contribution in [0.4, 0.5) is 19.5 Å². The van der Waals surface area contributed by atoms with Crippen molar-refractivity contribution in [3.05, 3.63) is 11.8 Å².